The third-order valence-electron chi connectivity index (χ3n) is 2.35. The molecule has 1 aromatic carbocycles. The number of ether oxygens (including phenoxy) is 1. The van der Waals surface area contributed by atoms with Gasteiger partial charge in [-0.2, -0.15) is 0 Å². The van der Waals surface area contributed by atoms with E-state index in [9.17, 15) is 0 Å². The monoisotopic (exact) mass is 423 g/mol. The summed E-state index contributed by atoms with van der Waals surface area (Å²) in [7, 11) is 0. The van der Waals surface area contributed by atoms with E-state index < -0.39 is 0 Å². The van der Waals surface area contributed by atoms with Crippen molar-refractivity contribution < 1.29 is 4.74 Å². The van der Waals surface area contributed by atoms with Crippen LogP contribution in [0.3, 0.4) is 0 Å². The number of rotatable bonds is 6. The van der Waals surface area contributed by atoms with Gasteiger partial charge in [0.05, 0.1) is 5.02 Å². The van der Waals surface area contributed by atoms with Crippen LogP contribution in [0.15, 0.2) is 38.6 Å². The van der Waals surface area contributed by atoms with E-state index in [1.807, 2.05) is 18.2 Å². The fourth-order valence-corrected chi connectivity index (χ4v) is 3.41. The third-order valence-corrected chi connectivity index (χ3v) is 4.85. The van der Waals surface area contributed by atoms with E-state index in [1.165, 1.54) is 4.88 Å². The van der Waals surface area contributed by atoms with Gasteiger partial charge in [-0.1, -0.05) is 27.5 Å². The summed E-state index contributed by atoms with van der Waals surface area (Å²) in [5, 5.41) is 6.04. The predicted molar refractivity (Wildman–Crippen MR) is 88.4 cm³/mol. The Kier molecular flexibility index (Phi) is 6.16. The molecule has 0 aliphatic carbocycles. The number of benzene rings is 1. The Hall–Kier alpha value is -0.0700. The molecule has 0 amide bonds. The number of nitrogens with one attached hydrogen (secondary N) is 1. The average molecular weight is 426 g/mol. The molecule has 1 aromatic heterocycles. The summed E-state index contributed by atoms with van der Waals surface area (Å²) in [5.41, 5.74) is 0. The van der Waals surface area contributed by atoms with Crippen molar-refractivity contribution in [3.63, 3.8) is 0 Å². The van der Waals surface area contributed by atoms with Crippen LogP contribution in [0.4, 0.5) is 0 Å². The lowest BCUT2D eigenvalue weighted by Gasteiger charge is -2.09. The van der Waals surface area contributed by atoms with Gasteiger partial charge < -0.3 is 10.1 Å². The van der Waals surface area contributed by atoms with E-state index in [0.29, 0.717) is 17.4 Å². The maximum Gasteiger partial charge on any atom is 0.139 e. The Morgan fingerprint density at radius 1 is 1.21 bits per heavy atom. The van der Waals surface area contributed by atoms with Gasteiger partial charge in [-0.15, -0.1) is 11.3 Å². The predicted octanol–water partition coefficient (Wildman–Crippen LogP) is 5.10. The Balaban J connectivity index is 1.70. The molecule has 0 aliphatic heterocycles. The number of halogens is 3. The molecule has 0 saturated carbocycles. The first-order chi connectivity index (χ1) is 9.15. The second-order valence-electron chi connectivity index (χ2n) is 3.83. The molecule has 0 spiro atoms. The molecule has 0 bridgehead atoms. The van der Waals surface area contributed by atoms with Crippen LogP contribution in [0, 0.1) is 0 Å². The minimum absolute atomic E-state index is 0.586. The van der Waals surface area contributed by atoms with Gasteiger partial charge >= 0.3 is 0 Å². The summed E-state index contributed by atoms with van der Waals surface area (Å²) in [4.78, 5) is 1.30. The van der Waals surface area contributed by atoms with Crippen molar-refractivity contribution in [1.29, 1.82) is 0 Å². The molecule has 0 fully saturated rings. The third kappa shape index (κ3) is 5.08. The fraction of sp³-hybridized carbons (Fsp3) is 0.231. The molecular weight excluding hydrogens is 413 g/mol. The standard InChI is InChI=1S/C13H12Br2ClNOS/c14-9-1-2-12(16)13(6-9)18-4-3-17-7-11-5-10(15)8-19-11/h1-2,5-6,8,17H,3-4,7H2. The van der Waals surface area contributed by atoms with Crippen LogP contribution < -0.4 is 10.1 Å². The molecule has 0 aliphatic rings. The van der Waals surface area contributed by atoms with E-state index in [1.54, 1.807) is 11.3 Å². The molecule has 0 atom stereocenters. The van der Waals surface area contributed by atoms with Crippen LogP contribution in [0.2, 0.25) is 5.02 Å². The molecule has 0 unspecified atom stereocenters. The van der Waals surface area contributed by atoms with Crippen molar-refractivity contribution in [3.8, 4) is 5.75 Å². The molecule has 2 nitrogen and oxygen atoms in total. The van der Waals surface area contributed by atoms with Crippen molar-refractivity contribution in [3.05, 3.63) is 48.5 Å². The molecule has 1 heterocycles. The topological polar surface area (TPSA) is 21.3 Å². The molecular formula is C13H12Br2ClNOS. The molecule has 2 aromatic rings. The number of hydrogen-bond donors (Lipinski definition) is 1. The average Bonchev–Trinajstić information content (AvgIpc) is 2.79. The van der Waals surface area contributed by atoms with Crippen molar-refractivity contribution in [1.82, 2.24) is 5.32 Å². The lowest BCUT2D eigenvalue weighted by molar-refractivity contribution is 0.314. The smallest absolute Gasteiger partial charge is 0.139 e. The lowest BCUT2D eigenvalue weighted by atomic mass is 10.3. The van der Waals surface area contributed by atoms with Crippen molar-refractivity contribution in [2.75, 3.05) is 13.2 Å². The first-order valence-electron chi connectivity index (χ1n) is 5.66. The highest BCUT2D eigenvalue weighted by atomic mass is 79.9. The Bertz CT molecular complexity index is 547. The van der Waals surface area contributed by atoms with Crippen LogP contribution >= 0.6 is 54.8 Å². The van der Waals surface area contributed by atoms with Crippen LogP contribution in [0.25, 0.3) is 0 Å². The van der Waals surface area contributed by atoms with Crippen molar-refractivity contribution >= 4 is 54.8 Å². The lowest BCUT2D eigenvalue weighted by Crippen LogP contribution is -2.20. The van der Waals surface area contributed by atoms with Gasteiger partial charge in [-0.3, -0.25) is 0 Å². The van der Waals surface area contributed by atoms with Crippen molar-refractivity contribution in [2.24, 2.45) is 0 Å². The van der Waals surface area contributed by atoms with E-state index in [2.05, 4.69) is 48.6 Å². The molecule has 0 saturated heterocycles. The van der Waals surface area contributed by atoms with Crippen LogP contribution in [-0.2, 0) is 6.54 Å². The second-order valence-corrected chi connectivity index (χ2v) is 7.07. The second kappa shape index (κ2) is 7.64. The largest absolute Gasteiger partial charge is 0.491 e. The van der Waals surface area contributed by atoms with Gasteiger partial charge in [0.25, 0.3) is 0 Å². The van der Waals surface area contributed by atoms with Crippen LogP contribution in [0.1, 0.15) is 4.88 Å². The zero-order valence-corrected chi connectivity index (χ0v) is 14.7. The summed E-state index contributed by atoms with van der Waals surface area (Å²) in [5.74, 6) is 0.705. The summed E-state index contributed by atoms with van der Waals surface area (Å²) < 4.78 is 7.72. The fourth-order valence-electron chi connectivity index (χ4n) is 1.48. The Labute approximate surface area is 138 Å². The highest BCUT2D eigenvalue weighted by Crippen LogP contribution is 2.27. The Morgan fingerprint density at radius 3 is 2.79 bits per heavy atom. The summed E-state index contributed by atoms with van der Waals surface area (Å²) >= 11 is 14.6. The number of hydrogen-bond acceptors (Lipinski definition) is 3. The molecule has 19 heavy (non-hydrogen) atoms. The van der Waals surface area contributed by atoms with Crippen molar-refractivity contribution in [2.45, 2.75) is 6.54 Å². The first-order valence-corrected chi connectivity index (χ1v) is 8.51. The minimum Gasteiger partial charge on any atom is -0.491 e. The summed E-state index contributed by atoms with van der Waals surface area (Å²) in [6, 6.07) is 7.70. The van der Waals surface area contributed by atoms with Crippen LogP contribution in [0.5, 0.6) is 5.75 Å². The summed E-state index contributed by atoms with van der Waals surface area (Å²) in [6.07, 6.45) is 0. The molecule has 2 rings (SSSR count). The van der Waals surface area contributed by atoms with E-state index in [0.717, 1.165) is 22.0 Å². The number of thiophene rings is 1. The van der Waals surface area contributed by atoms with Gasteiger partial charge in [0, 0.05) is 32.3 Å². The molecule has 1 N–H and O–H groups in total. The van der Waals surface area contributed by atoms with Gasteiger partial charge in [-0.05, 0) is 40.2 Å². The van der Waals surface area contributed by atoms with Crippen LogP contribution in [-0.4, -0.2) is 13.2 Å². The zero-order chi connectivity index (χ0) is 13.7. The highest BCUT2D eigenvalue weighted by Gasteiger charge is 2.02. The van der Waals surface area contributed by atoms with Gasteiger partial charge in [-0.25, -0.2) is 0 Å². The van der Waals surface area contributed by atoms with Gasteiger partial charge in [0.2, 0.25) is 0 Å². The normalized spacial score (nSPS) is 10.7. The van der Waals surface area contributed by atoms with E-state index >= 15 is 0 Å². The quantitative estimate of drug-likeness (QED) is 0.651. The first kappa shape index (κ1) is 15.3. The zero-order valence-electron chi connectivity index (χ0n) is 9.96. The maximum atomic E-state index is 6.04. The van der Waals surface area contributed by atoms with E-state index in [4.69, 9.17) is 16.3 Å². The van der Waals surface area contributed by atoms with E-state index in [-0.39, 0.29) is 0 Å². The minimum atomic E-state index is 0.586. The molecule has 102 valence electrons. The SMILES string of the molecule is Clc1ccc(Br)cc1OCCNCc1cc(Br)cs1. The summed E-state index contributed by atoms with van der Waals surface area (Å²) in [6.45, 7) is 2.22. The van der Waals surface area contributed by atoms with Gasteiger partial charge in [0.15, 0.2) is 0 Å². The highest BCUT2D eigenvalue weighted by molar-refractivity contribution is 9.10. The molecule has 0 radical (unpaired) electrons. The van der Waals surface area contributed by atoms with Gasteiger partial charge in [0.1, 0.15) is 12.4 Å². The Morgan fingerprint density at radius 2 is 2.05 bits per heavy atom. The molecule has 6 heteroatoms. The maximum absolute atomic E-state index is 6.04.